The third kappa shape index (κ3) is 5.13. The van der Waals surface area contributed by atoms with Gasteiger partial charge in [-0.1, -0.05) is 30.3 Å². The Morgan fingerprint density at radius 1 is 1.15 bits per heavy atom. The Kier molecular flexibility index (Phi) is 6.22. The van der Waals surface area contributed by atoms with Crippen molar-refractivity contribution in [2.45, 2.75) is 64.7 Å². The molecule has 1 aromatic rings. The van der Waals surface area contributed by atoms with Gasteiger partial charge in [-0.2, -0.15) is 0 Å². The summed E-state index contributed by atoms with van der Waals surface area (Å²) >= 11 is 0. The minimum absolute atomic E-state index is 0. The third-order valence-electron chi connectivity index (χ3n) is 4.97. The summed E-state index contributed by atoms with van der Waals surface area (Å²) in [5.41, 5.74) is 0.593. The van der Waals surface area contributed by atoms with Crippen molar-refractivity contribution in [2.75, 3.05) is 6.54 Å². The second kappa shape index (κ2) is 7.87. The van der Waals surface area contributed by atoms with E-state index in [2.05, 4.69) is 0 Å². The topological polar surface area (TPSA) is 55.8 Å². The Labute approximate surface area is 161 Å². The van der Waals surface area contributed by atoms with E-state index >= 15 is 0 Å². The number of ether oxygens (including phenoxy) is 2. The highest BCUT2D eigenvalue weighted by Crippen LogP contribution is 2.55. The molecule has 1 saturated heterocycles. The van der Waals surface area contributed by atoms with Crippen LogP contribution in [0.5, 0.6) is 0 Å². The third-order valence-corrected chi connectivity index (χ3v) is 4.97. The Morgan fingerprint density at radius 3 is 2.38 bits per heavy atom. The number of esters is 1. The van der Waals surface area contributed by atoms with Crippen LogP contribution >= 0.6 is 12.4 Å². The van der Waals surface area contributed by atoms with E-state index in [1.807, 2.05) is 51.1 Å². The monoisotopic (exact) mass is 381 g/mol. The van der Waals surface area contributed by atoms with Crippen molar-refractivity contribution in [1.82, 2.24) is 4.90 Å². The number of hydrogen-bond donors (Lipinski definition) is 0. The fraction of sp³-hybridized carbons (Fsp3) is 0.600. The highest BCUT2D eigenvalue weighted by atomic mass is 35.5. The minimum Gasteiger partial charge on any atom is -0.459 e. The highest BCUT2D eigenvalue weighted by Gasteiger charge is 2.52. The normalized spacial score (nSPS) is 20.9. The molecule has 3 rings (SSSR count). The molecule has 1 aromatic carbocycles. The molecule has 1 spiro atoms. The van der Waals surface area contributed by atoms with Gasteiger partial charge in [0.1, 0.15) is 18.2 Å². The summed E-state index contributed by atoms with van der Waals surface area (Å²) in [6, 6.07) is 9.04. The van der Waals surface area contributed by atoms with Gasteiger partial charge in [0.2, 0.25) is 0 Å². The first-order valence-electron chi connectivity index (χ1n) is 8.98. The van der Waals surface area contributed by atoms with Crippen molar-refractivity contribution in [3.63, 3.8) is 0 Å². The molecule has 6 heteroatoms. The van der Waals surface area contributed by atoms with Crippen molar-refractivity contribution < 1.29 is 19.1 Å². The van der Waals surface area contributed by atoms with Gasteiger partial charge in [0.05, 0.1) is 0 Å². The summed E-state index contributed by atoms with van der Waals surface area (Å²) in [5, 5.41) is 0. The van der Waals surface area contributed by atoms with E-state index in [9.17, 15) is 9.59 Å². The zero-order chi connectivity index (χ0) is 18.1. The van der Waals surface area contributed by atoms with Crippen LogP contribution < -0.4 is 0 Å². The molecule has 0 radical (unpaired) electrons. The zero-order valence-corrected chi connectivity index (χ0v) is 16.5. The number of benzene rings is 1. The Balaban J connectivity index is 0.00000243. The van der Waals surface area contributed by atoms with Gasteiger partial charge >= 0.3 is 12.1 Å². The molecule has 2 fully saturated rings. The number of likely N-dealkylation sites (tertiary alicyclic amines) is 1. The molecule has 1 unspecified atom stereocenters. The van der Waals surface area contributed by atoms with Gasteiger partial charge in [0, 0.05) is 6.54 Å². The van der Waals surface area contributed by atoms with Crippen LogP contribution in [0, 0.1) is 5.41 Å². The Morgan fingerprint density at radius 2 is 1.81 bits per heavy atom. The second-order valence-corrected chi connectivity index (χ2v) is 8.24. The van der Waals surface area contributed by atoms with Crippen LogP contribution in [0.2, 0.25) is 0 Å². The van der Waals surface area contributed by atoms with E-state index in [0.29, 0.717) is 13.0 Å². The van der Waals surface area contributed by atoms with Gasteiger partial charge in [-0.3, -0.25) is 4.90 Å². The van der Waals surface area contributed by atoms with Crippen LogP contribution in [-0.4, -0.2) is 35.2 Å². The molecule has 1 amide bonds. The number of rotatable bonds is 3. The highest BCUT2D eigenvalue weighted by molar-refractivity contribution is 5.85. The summed E-state index contributed by atoms with van der Waals surface area (Å²) < 4.78 is 11.0. The van der Waals surface area contributed by atoms with Crippen molar-refractivity contribution in [1.29, 1.82) is 0 Å². The summed E-state index contributed by atoms with van der Waals surface area (Å²) in [6.45, 7) is 6.28. The van der Waals surface area contributed by atoms with Gasteiger partial charge < -0.3 is 9.47 Å². The quantitative estimate of drug-likeness (QED) is 0.731. The van der Waals surface area contributed by atoms with Gasteiger partial charge in [-0.15, -0.1) is 12.4 Å². The molecular weight excluding hydrogens is 354 g/mol. The molecule has 0 aromatic heterocycles. The summed E-state index contributed by atoms with van der Waals surface area (Å²) in [7, 11) is 0. The van der Waals surface area contributed by atoms with Crippen molar-refractivity contribution in [3.8, 4) is 0 Å². The largest absolute Gasteiger partial charge is 0.459 e. The molecular formula is C20H28ClNO4. The Bertz CT molecular complexity index is 637. The fourth-order valence-corrected chi connectivity index (χ4v) is 3.34. The molecule has 1 aliphatic heterocycles. The maximum Gasteiger partial charge on any atom is 0.411 e. The Hall–Kier alpha value is -1.75. The molecule has 2 aliphatic rings. The number of hydrogen-bond acceptors (Lipinski definition) is 4. The van der Waals surface area contributed by atoms with E-state index in [1.165, 1.54) is 0 Å². The molecule has 1 atom stereocenters. The number of carbonyl (C=O) groups is 2. The van der Waals surface area contributed by atoms with E-state index in [-0.39, 0.29) is 30.4 Å². The van der Waals surface area contributed by atoms with E-state index in [0.717, 1.165) is 24.8 Å². The lowest BCUT2D eigenvalue weighted by atomic mass is 9.88. The molecule has 1 saturated carbocycles. The smallest absolute Gasteiger partial charge is 0.411 e. The minimum atomic E-state index is -0.579. The molecule has 5 nitrogen and oxygen atoms in total. The van der Waals surface area contributed by atoms with Gasteiger partial charge in [-0.25, -0.2) is 9.59 Å². The second-order valence-electron chi connectivity index (χ2n) is 8.24. The van der Waals surface area contributed by atoms with Crippen LogP contribution in [0.15, 0.2) is 30.3 Å². The number of halogens is 1. The maximum absolute atomic E-state index is 12.7. The van der Waals surface area contributed by atoms with E-state index in [1.54, 1.807) is 4.90 Å². The summed E-state index contributed by atoms with van der Waals surface area (Å²) in [6.07, 6.45) is 3.47. The van der Waals surface area contributed by atoms with Crippen LogP contribution in [0.4, 0.5) is 4.79 Å². The van der Waals surface area contributed by atoms with Gasteiger partial charge in [0.25, 0.3) is 0 Å². The lowest BCUT2D eigenvalue weighted by molar-refractivity contribution is -0.153. The molecule has 1 heterocycles. The number of carbonyl (C=O) groups excluding carboxylic acids is 2. The first-order valence-corrected chi connectivity index (χ1v) is 8.98. The lowest BCUT2D eigenvalue weighted by Gasteiger charge is -2.38. The average Bonchev–Trinajstić information content (AvgIpc) is 3.30. The number of nitrogens with zero attached hydrogens (tertiary/aromatic N) is 1. The average molecular weight is 382 g/mol. The van der Waals surface area contributed by atoms with Crippen molar-refractivity contribution in [3.05, 3.63) is 35.9 Å². The number of piperidine rings is 1. The first-order chi connectivity index (χ1) is 11.8. The predicted octanol–water partition coefficient (Wildman–Crippen LogP) is 4.33. The lowest BCUT2D eigenvalue weighted by Crippen LogP contribution is -2.52. The SMILES string of the molecule is CC(C)(C)OC(=O)N1CCC2(CC2)CC1C(=O)OCc1ccccc1.Cl. The van der Waals surface area contributed by atoms with E-state index in [4.69, 9.17) is 9.47 Å². The molecule has 0 bridgehead atoms. The molecule has 144 valence electrons. The van der Waals surface area contributed by atoms with Gasteiger partial charge in [-0.05, 0) is 57.4 Å². The fourth-order valence-electron chi connectivity index (χ4n) is 3.34. The van der Waals surface area contributed by atoms with Crippen LogP contribution in [0.1, 0.15) is 52.0 Å². The molecule has 1 aliphatic carbocycles. The summed E-state index contributed by atoms with van der Waals surface area (Å²) in [5.74, 6) is -0.333. The number of amides is 1. The zero-order valence-electron chi connectivity index (χ0n) is 15.7. The van der Waals surface area contributed by atoms with Crippen LogP contribution in [-0.2, 0) is 20.9 Å². The van der Waals surface area contributed by atoms with Crippen molar-refractivity contribution in [2.24, 2.45) is 5.41 Å². The predicted molar refractivity (Wildman–Crippen MR) is 101 cm³/mol. The molecule has 26 heavy (non-hydrogen) atoms. The first kappa shape index (κ1) is 20.6. The van der Waals surface area contributed by atoms with Gasteiger partial charge in [0.15, 0.2) is 0 Å². The molecule has 0 N–H and O–H groups in total. The van der Waals surface area contributed by atoms with Crippen LogP contribution in [0.3, 0.4) is 0 Å². The summed E-state index contributed by atoms with van der Waals surface area (Å²) in [4.78, 5) is 26.8. The van der Waals surface area contributed by atoms with Crippen molar-refractivity contribution >= 4 is 24.5 Å². The maximum atomic E-state index is 12.7. The van der Waals surface area contributed by atoms with Crippen LogP contribution in [0.25, 0.3) is 0 Å². The standard InChI is InChI=1S/C20H27NO4.ClH/c1-19(2,3)25-18(23)21-12-11-20(9-10-20)13-16(21)17(22)24-14-15-7-5-4-6-8-15;/h4-8,16H,9-14H2,1-3H3;1H. The van der Waals surface area contributed by atoms with E-state index < -0.39 is 17.7 Å².